The van der Waals surface area contributed by atoms with E-state index >= 15 is 0 Å². The van der Waals surface area contributed by atoms with Crippen LogP contribution < -0.4 is 9.47 Å². The van der Waals surface area contributed by atoms with Crippen LogP contribution in [0.2, 0.25) is 0 Å². The molecule has 0 radical (unpaired) electrons. The van der Waals surface area contributed by atoms with E-state index < -0.39 is 0 Å². The summed E-state index contributed by atoms with van der Waals surface area (Å²) in [6.45, 7) is 1.52. The van der Waals surface area contributed by atoms with Crippen LogP contribution in [0, 0.1) is 0 Å². The number of hydrogen-bond acceptors (Lipinski definition) is 3. The number of aromatic amines is 1. The molecule has 0 spiro atoms. The van der Waals surface area contributed by atoms with Crippen molar-refractivity contribution in [2.45, 2.75) is 6.92 Å². The molecule has 2 aromatic rings. The summed E-state index contributed by atoms with van der Waals surface area (Å²) < 4.78 is 10.4. The van der Waals surface area contributed by atoms with Gasteiger partial charge in [-0.05, 0) is 6.07 Å². The van der Waals surface area contributed by atoms with Crippen LogP contribution >= 0.6 is 0 Å². The van der Waals surface area contributed by atoms with Crippen molar-refractivity contribution < 1.29 is 14.3 Å². The molecule has 16 heavy (non-hydrogen) atoms. The van der Waals surface area contributed by atoms with Gasteiger partial charge < -0.3 is 14.5 Å². The summed E-state index contributed by atoms with van der Waals surface area (Å²) in [5.41, 5.74) is 1.41. The van der Waals surface area contributed by atoms with E-state index in [2.05, 4.69) is 4.98 Å². The molecule has 1 heterocycles. The number of benzene rings is 1. The van der Waals surface area contributed by atoms with Crippen molar-refractivity contribution in [3.8, 4) is 11.5 Å². The SMILES string of the molecule is COc1cc(OC)c2cc(C(C)=O)[nH]c2c1. The van der Waals surface area contributed by atoms with Gasteiger partial charge in [0.2, 0.25) is 0 Å². The van der Waals surface area contributed by atoms with E-state index in [0.29, 0.717) is 17.2 Å². The van der Waals surface area contributed by atoms with Crippen LogP contribution in [0.1, 0.15) is 17.4 Å². The minimum Gasteiger partial charge on any atom is -0.497 e. The van der Waals surface area contributed by atoms with Gasteiger partial charge >= 0.3 is 0 Å². The lowest BCUT2D eigenvalue weighted by atomic mass is 10.2. The first-order valence-corrected chi connectivity index (χ1v) is 4.91. The maximum Gasteiger partial charge on any atom is 0.175 e. The third kappa shape index (κ3) is 1.62. The van der Waals surface area contributed by atoms with Crippen molar-refractivity contribution in [1.82, 2.24) is 4.98 Å². The topological polar surface area (TPSA) is 51.3 Å². The Bertz CT molecular complexity index is 542. The van der Waals surface area contributed by atoms with Crippen molar-refractivity contribution in [3.05, 3.63) is 23.9 Å². The van der Waals surface area contributed by atoms with E-state index in [4.69, 9.17) is 9.47 Å². The first kappa shape index (κ1) is 10.5. The van der Waals surface area contributed by atoms with Gasteiger partial charge in [-0.2, -0.15) is 0 Å². The monoisotopic (exact) mass is 219 g/mol. The number of ketones is 1. The molecule has 1 N–H and O–H groups in total. The average molecular weight is 219 g/mol. The van der Waals surface area contributed by atoms with Crippen LogP contribution in [0.15, 0.2) is 18.2 Å². The van der Waals surface area contributed by atoms with Crippen molar-refractivity contribution in [2.24, 2.45) is 0 Å². The average Bonchev–Trinajstić information content (AvgIpc) is 2.71. The van der Waals surface area contributed by atoms with E-state index in [9.17, 15) is 4.79 Å². The molecule has 0 aliphatic carbocycles. The molecule has 1 aromatic heterocycles. The Kier molecular flexibility index (Phi) is 2.56. The highest BCUT2D eigenvalue weighted by molar-refractivity contribution is 6.00. The van der Waals surface area contributed by atoms with Crippen molar-refractivity contribution in [3.63, 3.8) is 0 Å². The summed E-state index contributed by atoms with van der Waals surface area (Å²) in [6.07, 6.45) is 0. The van der Waals surface area contributed by atoms with E-state index in [1.54, 1.807) is 26.4 Å². The van der Waals surface area contributed by atoms with Gasteiger partial charge in [-0.1, -0.05) is 0 Å². The number of nitrogens with one attached hydrogen (secondary N) is 1. The van der Waals surface area contributed by atoms with Crippen molar-refractivity contribution >= 4 is 16.7 Å². The molecule has 84 valence electrons. The highest BCUT2D eigenvalue weighted by Gasteiger charge is 2.10. The maximum atomic E-state index is 11.3. The van der Waals surface area contributed by atoms with Crippen LogP contribution in [-0.4, -0.2) is 25.0 Å². The lowest BCUT2D eigenvalue weighted by molar-refractivity contribution is 0.101. The van der Waals surface area contributed by atoms with Gasteiger partial charge in [-0.15, -0.1) is 0 Å². The van der Waals surface area contributed by atoms with Crippen LogP contribution in [0.5, 0.6) is 11.5 Å². The van der Waals surface area contributed by atoms with Gasteiger partial charge in [0.25, 0.3) is 0 Å². The zero-order valence-electron chi connectivity index (χ0n) is 9.46. The number of H-pyrrole nitrogens is 1. The zero-order chi connectivity index (χ0) is 11.7. The molecule has 0 saturated heterocycles. The summed E-state index contributed by atoms with van der Waals surface area (Å²) in [7, 11) is 3.18. The van der Waals surface area contributed by atoms with Crippen molar-refractivity contribution in [1.29, 1.82) is 0 Å². The fraction of sp³-hybridized carbons (Fsp3) is 0.250. The van der Waals surface area contributed by atoms with E-state index in [0.717, 1.165) is 10.9 Å². The number of carbonyl (C=O) groups excluding carboxylic acids is 1. The van der Waals surface area contributed by atoms with Gasteiger partial charge in [0.15, 0.2) is 5.78 Å². The Balaban J connectivity index is 2.69. The molecular weight excluding hydrogens is 206 g/mol. The minimum absolute atomic E-state index is 0.00257. The number of aromatic nitrogens is 1. The van der Waals surface area contributed by atoms with E-state index in [1.807, 2.05) is 6.07 Å². The first-order chi connectivity index (χ1) is 7.65. The van der Waals surface area contributed by atoms with Crippen LogP contribution in [-0.2, 0) is 0 Å². The minimum atomic E-state index is -0.00257. The van der Waals surface area contributed by atoms with E-state index in [-0.39, 0.29) is 5.78 Å². The van der Waals surface area contributed by atoms with Gasteiger partial charge in [-0.3, -0.25) is 4.79 Å². The number of fused-ring (bicyclic) bond motifs is 1. The maximum absolute atomic E-state index is 11.3. The van der Waals surface area contributed by atoms with Crippen LogP contribution in [0.3, 0.4) is 0 Å². The normalized spacial score (nSPS) is 10.4. The third-order valence-corrected chi connectivity index (χ3v) is 2.51. The van der Waals surface area contributed by atoms with Gasteiger partial charge in [0.1, 0.15) is 11.5 Å². The third-order valence-electron chi connectivity index (χ3n) is 2.51. The molecular formula is C12H13NO3. The molecule has 4 heteroatoms. The quantitative estimate of drug-likeness (QED) is 0.806. The van der Waals surface area contributed by atoms with Gasteiger partial charge in [-0.25, -0.2) is 0 Å². The molecule has 0 aliphatic rings. The highest BCUT2D eigenvalue weighted by Crippen LogP contribution is 2.31. The fourth-order valence-electron chi connectivity index (χ4n) is 1.66. The first-order valence-electron chi connectivity index (χ1n) is 4.91. The lowest BCUT2D eigenvalue weighted by Crippen LogP contribution is -1.89. The van der Waals surface area contributed by atoms with Crippen LogP contribution in [0.25, 0.3) is 10.9 Å². The summed E-state index contributed by atoms with van der Waals surface area (Å²) in [5, 5.41) is 0.883. The number of rotatable bonds is 3. The van der Waals surface area contributed by atoms with E-state index in [1.165, 1.54) is 6.92 Å². The molecule has 0 unspecified atom stereocenters. The Morgan fingerprint density at radius 1 is 1.19 bits per heavy atom. The second-order valence-electron chi connectivity index (χ2n) is 3.53. The molecule has 0 aliphatic heterocycles. The zero-order valence-corrected chi connectivity index (χ0v) is 9.46. The standard InChI is InChI=1S/C12H13NO3/c1-7(14)10-6-9-11(13-10)4-8(15-2)5-12(9)16-3/h4-6,13H,1-3H3. The Morgan fingerprint density at radius 3 is 2.50 bits per heavy atom. The van der Waals surface area contributed by atoms with Gasteiger partial charge in [0, 0.05) is 24.4 Å². The predicted molar refractivity (Wildman–Crippen MR) is 61.4 cm³/mol. The Hall–Kier alpha value is -1.97. The summed E-state index contributed by atoms with van der Waals surface area (Å²) in [6, 6.07) is 5.42. The molecule has 0 bridgehead atoms. The number of methoxy groups -OCH3 is 2. The second kappa shape index (κ2) is 3.89. The second-order valence-corrected chi connectivity index (χ2v) is 3.53. The molecule has 0 amide bonds. The summed E-state index contributed by atoms with van der Waals surface area (Å²) >= 11 is 0. The Morgan fingerprint density at radius 2 is 1.94 bits per heavy atom. The summed E-state index contributed by atoms with van der Waals surface area (Å²) in [4.78, 5) is 14.3. The number of carbonyl (C=O) groups is 1. The van der Waals surface area contributed by atoms with Crippen molar-refractivity contribution in [2.75, 3.05) is 14.2 Å². The number of ether oxygens (including phenoxy) is 2. The highest BCUT2D eigenvalue weighted by atomic mass is 16.5. The molecule has 0 atom stereocenters. The largest absolute Gasteiger partial charge is 0.497 e. The molecule has 1 aromatic carbocycles. The lowest BCUT2D eigenvalue weighted by Gasteiger charge is -2.04. The summed E-state index contributed by atoms with van der Waals surface area (Å²) in [5.74, 6) is 1.39. The molecule has 0 saturated carbocycles. The Labute approximate surface area is 93.2 Å². The fourth-order valence-corrected chi connectivity index (χ4v) is 1.66. The number of hydrogen-bond donors (Lipinski definition) is 1. The predicted octanol–water partition coefficient (Wildman–Crippen LogP) is 2.39. The van der Waals surface area contributed by atoms with Gasteiger partial charge in [0.05, 0.1) is 25.4 Å². The molecule has 0 fully saturated rings. The molecule has 2 rings (SSSR count). The smallest absolute Gasteiger partial charge is 0.175 e. The van der Waals surface area contributed by atoms with Crippen LogP contribution in [0.4, 0.5) is 0 Å². The molecule has 4 nitrogen and oxygen atoms in total. The number of Topliss-reactive ketones (excluding diaryl/α,β-unsaturated/α-hetero) is 1.